The molecular weight excluding hydrogens is 296 g/mol. The van der Waals surface area contributed by atoms with E-state index in [9.17, 15) is 14.4 Å². The lowest BCUT2D eigenvalue weighted by atomic mass is 10.1. The van der Waals surface area contributed by atoms with Gasteiger partial charge in [0, 0.05) is 23.7 Å². The van der Waals surface area contributed by atoms with Gasteiger partial charge in [-0.2, -0.15) is 0 Å². The van der Waals surface area contributed by atoms with Crippen LogP contribution in [0.15, 0.2) is 41.3 Å². The van der Waals surface area contributed by atoms with Crippen molar-refractivity contribution in [1.82, 2.24) is 9.88 Å². The van der Waals surface area contributed by atoms with Gasteiger partial charge in [-0.1, -0.05) is 12.1 Å². The van der Waals surface area contributed by atoms with E-state index in [2.05, 4.69) is 5.32 Å². The van der Waals surface area contributed by atoms with Crippen LogP contribution in [0.25, 0.3) is 10.9 Å². The molecule has 0 bridgehead atoms. The van der Waals surface area contributed by atoms with Gasteiger partial charge in [0.05, 0.1) is 11.4 Å². The molecule has 0 saturated heterocycles. The maximum atomic E-state index is 12.2. The number of carbonyl (C=O) groups is 2. The third-order valence-corrected chi connectivity index (χ3v) is 4.35. The van der Waals surface area contributed by atoms with E-state index in [4.69, 9.17) is 5.11 Å². The van der Waals surface area contributed by atoms with E-state index < -0.39 is 5.97 Å². The number of hydrogen-bond acceptors (Lipinski definition) is 3. The second kappa shape index (κ2) is 6.24. The molecule has 1 aliphatic rings. The van der Waals surface area contributed by atoms with E-state index >= 15 is 0 Å². The number of benzene rings is 1. The molecule has 1 fully saturated rings. The minimum atomic E-state index is -0.798. The van der Waals surface area contributed by atoms with Crippen LogP contribution in [-0.4, -0.2) is 27.6 Å². The van der Waals surface area contributed by atoms with Gasteiger partial charge in [-0.3, -0.25) is 14.4 Å². The standard InChI is InChI=1S/C17H18N2O4/c20-15-7-8-19(14-4-2-1-3-13(14)15)10-16(21)18-12-6-5-11(9-12)17(22)23/h1-4,7-8,11-12H,5-6,9-10H2,(H,18,21)(H,22,23)/t11-,12+/m0/s1. The number of carboxylic acids is 1. The van der Waals surface area contributed by atoms with Crippen LogP contribution in [-0.2, 0) is 16.1 Å². The third kappa shape index (κ3) is 3.26. The van der Waals surface area contributed by atoms with Crippen molar-refractivity contribution < 1.29 is 14.7 Å². The molecule has 23 heavy (non-hydrogen) atoms. The number of carbonyl (C=O) groups excluding carboxylic acids is 1. The van der Waals surface area contributed by atoms with Crippen molar-refractivity contribution in [1.29, 1.82) is 0 Å². The molecule has 1 saturated carbocycles. The highest BCUT2D eigenvalue weighted by molar-refractivity contribution is 5.82. The maximum Gasteiger partial charge on any atom is 0.306 e. The Balaban J connectivity index is 1.71. The van der Waals surface area contributed by atoms with Crippen molar-refractivity contribution in [3.8, 4) is 0 Å². The van der Waals surface area contributed by atoms with Gasteiger partial charge in [0.15, 0.2) is 5.43 Å². The van der Waals surface area contributed by atoms with Gasteiger partial charge in [0.25, 0.3) is 0 Å². The highest BCUT2D eigenvalue weighted by Crippen LogP contribution is 2.25. The highest BCUT2D eigenvalue weighted by Gasteiger charge is 2.30. The predicted octanol–water partition coefficient (Wildman–Crippen LogP) is 1.37. The monoisotopic (exact) mass is 314 g/mol. The summed E-state index contributed by atoms with van der Waals surface area (Å²) in [6.07, 6.45) is 3.37. The number of rotatable bonds is 4. The first-order chi connectivity index (χ1) is 11.0. The summed E-state index contributed by atoms with van der Waals surface area (Å²) >= 11 is 0. The number of fused-ring (bicyclic) bond motifs is 1. The van der Waals surface area contributed by atoms with Gasteiger partial charge >= 0.3 is 5.97 Å². The number of para-hydroxylation sites is 1. The van der Waals surface area contributed by atoms with E-state index in [-0.39, 0.29) is 29.8 Å². The lowest BCUT2D eigenvalue weighted by Gasteiger charge is -2.15. The fourth-order valence-electron chi connectivity index (χ4n) is 3.16. The van der Waals surface area contributed by atoms with Gasteiger partial charge in [-0.15, -0.1) is 0 Å². The van der Waals surface area contributed by atoms with Gasteiger partial charge in [0.1, 0.15) is 6.54 Å². The zero-order chi connectivity index (χ0) is 16.4. The number of amides is 1. The molecule has 0 aliphatic heterocycles. The zero-order valence-corrected chi connectivity index (χ0v) is 12.6. The lowest BCUT2D eigenvalue weighted by Crippen LogP contribution is -2.36. The third-order valence-electron chi connectivity index (χ3n) is 4.35. The van der Waals surface area contributed by atoms with Gasteiger partial charge in [0.2, 0.25) is 5.91 Å². The highest BCUT2D eigenvalue weighted by atomic mass is 16.4. The number of aromatic nitrogens is 1. The summed E-state index contributed by atoms with van der Waals surface area (Å²) in [6.45, 7) is 0.106. The number of aliphatic carboxylic acids is 1. The van der Waals surface area contributed by atoms with Crippen LogP contribution in [0.2, 0.25) is 0 Å². The van der Waals surface area contributed by atoms with E-state index in [0.29, 0.717) is 30.2 Å². The minimum Gasteiger partial charge on any atom is -0.481 e. The smallest absolute Gasteiger partial charge is 0.306 e. The van der Waals surface area contributed by atoms with Gasteiger partial charge < -0.3 is 15.0 Å². The Morgan fingerprint density at radius 2 is 2.00 bits per heavy atom. The van der Waals surface area contributed by atoms with Crippen molar-refractivity contribution >= 4 is 22.8 Å². The van der Waals surface area contributed by atoms with Crippen molar-refractivity contribution in [2.24, 2.45) is 5.92 Å². The van der Waals surface area contributed by atoms with Crippen LogP contribution >= 0.6 is 0 Å². The molecule has 120 valence electrons. The second-order valence-corrected chi connectivity index (χ2v) is 5.94. The van der Waals surface area contributed by atoms with E-state index in [1.165, 1.54) is 6.07 Å². The van der Waals surface area contributed by atoms with Crippen LogP contribution in [0, 0.1) is 5.92 Å². The molecule has 6 heteroatoms. The molecule has 1 heterocycles. The van der Waals surface area contributed by atoms with Gasteiger partial charge in [-0.25, -0.2) is 0 Å². The van der Waals surface area contributed by atoms with Crippen LogP contribution in [0.3, 0.4) is 0 Å². The van der Waals surface area contributed by atoms with E-state index in [0.717, 1.165) is 0 Å². The van der Waals surface area contributed by atoms with Crippen molar-refractivity contribution in [3.05, 3.63) is 46.8 Å². The molecule has 1 aromatic heterocycles. The molecule has 1 aliphatic carbocycles. The lowest BCUT2D eigenvalue weighted by molar-refractivity contribution is -0.141. The van der Waals surface area contributed by atoms with Crippen LogP contribution in [0.5, 0.6) is 0 Å². The largest absolute Gasteiger partial charge is 0.481 e. The predicted molar refractivity (Wildman–Crippen MR) is 85.1 cm³/mol. The molecule has 2 N–H and O–H groups in total. The fraction of sp³-hybridized carbons (Fsp3) is 0.353. The first-order valence-corrected chi connectivity index (χ1v) is 7.65. The Morgan fingerprint density at radius 3 is 2.74 bits per heavy atom. The Bertz CT molecular complexity index is 812. The summed E-state index contributed by atoms with van der Waals surface area (Å²) in [7, 11) is 0. The molecule has 0 radical (unpaired) electrons. The van der Waals surface area contributed by atoms with Crippen LogP contribution in [0.1, 0.15) is 19.3 Å². The van der Waals surface area contributed by atoms with Crippen molar-refractivity contribution in [2.45, 2.75) is 31.8 Å². The molecule has 1 aromatic carbocycles. The summed E-state index contributed by atoms with van der Waals surface area (Å²) < 4.78 is 1.73. The molecular formula is C17H18N2O4. The molecule has 2 aromatic rings. The van der Waals surface area contributed by atoms with Crippen LogP contribution < -0.4 is 10.7 Å². The quantitative estimate of drug-likeness (QED) is 0.892. The average molecular weight is 314 g/mol. The van der Waals surface area contributed by atoms with Crippen LogP contribution in [0.4, 0.5) is 0 Å². The fourth-order valence-corrected chi connectivity index (χ4v) is 3.16. The normalized spacial score (nSPS) is 20.5. The average Bonchev–Trinajstić information content (AvgIpc) is 2.99. The topological polar surface area (TPSA) is 88.4 Å². The summed E-state index contributed by atoms with van der Waals surface area (Å²) in [5.74, 6) is -1.34. The Kier molecular flexibility index (Phi) is 4.14. The SMILES string of the molecule is O=C(Cn1ccc(=O)c2ccccc21)N[C@@H]1CC[C@H](C(=O)O)C1. The number of pyridine rings is 1. The second-order valence-electron chi connectivity index (χ2n) is 5.94. The van der Waals surface area contributed by atoms with E-state index in [1.807, 2.05) is 6.07 Å². The first kappa shape index (κ1) is 15.3. The summed E-state index contributed by atoms with van der Waals surface area (Å²) in [5, 5.41) is 12.5. The summed E-state index contributed by atoms with van der Waals surface area (Å²) in [4.78, 5) is 35.0. The number of carboxylic acid groups (broad SMARTS) is 1. The number of nitrogens with one attached hydrogen (secondary N) is 1. The Morgan fingerprint density at radius 1 is 1.22 bits per heavy atom. The molecule has 0 unspecified atom stereocenters. The molecule has 1 amide bonds. The Labute approximate surface area is 132 Å². The molecule has 0 spiro atoms. The maximum absolute atomic E-state index is 12.2. The first-order valence-electron chi connectivity index (χ1n) is 7.65. The Hall–Kier alpha value is -2.63. The summed E-state index contributed by atoms with van der Waals surface area (Å²) in [6, 6.07) is 8.52. The van der Waals surface area contributed by atoms with Crippen molar-refractivity contribution in [2.75, 3.05) is 0 Å². The number of nitrogens with zero attached hydrogens (tertiary/aromatic N) is 1. The minimum absolute atomic E-state index is 0.0719. The van der Waals surface area contributed by atoms with Crippen molar-refractivity contribution in [3.63, 3.8) is 0 Å². The van der Waals surface area contributed by atoms with Gasteiger partial charge in [-0.05, 0) is 31.4 Å². The molecule has 2 atom stereocenters. The molecule has 6 nitrogen and oxygen atoms in total. The molecule has 3 rings (SSSR count). The van der Waals surface area contributed by atoms with E-state index in [1.54, 1.807) is 29.0 Å². The zero-order valence-electron chi connectivity index (χ0n) is 12.6. The summed E-state index contributed by atoms with van der Waals surface area (Å²) in [5.41, 5.74) is 0.641. The number of hydrogen-bond donors (Lipinski definition) is 2.